The minimum Gasteiger partial charge on any atom is -0.468 e. The van der Waals surface area contributed by atoms with Gasteiger partial charge < -0.3 is 10.5 Å². The van der Waals surface area contributed by atoms with Gasteiger partial charge in [0.1, 0.15) is 15.3 Å². The highest BCUT2D eigenvalue weighted by Gasteiger charge is 2.41. The van der Waals surface area contributed by atoms with Crippen molar-refractivity contribution >= 4 is 15.8 Å². The summed E-state index contributed by atoms with van der Waals surface area (Å²) in [6.07, 6.45) is 1.25. The van der Waals surface area contributed by atoms with Gasteiger partial charge in [-0.3, -0.25) is 4.79 Å². The summed E-state index contributed by atoms with van der Waals surface area (Å²) in [7, 11) is -1.91. The van der Waals surface area contributed by atoms with Gasteiger partial charge >= 0.3 is 5.97 Å². The molecule has 2 N–H and O–H groups in total. The van der Waals surface area contributed by atoms with Crippen LogP contribution in [-0.4, -0.2) is 40.1 Å². The zero-order valence-electron chi connectivity index (χ0n) is 12.0. The fraction of sp³-hybridized carbons (Fsp3) is 0.500. The Labute approximate surface area is 120 Å². The molecule has 0 aliphatic carbocycles. The topological polar surface area (TPSA) is 86.5 Å². The molecule has 0 aliphatic rings. The number of rotatable bonds is 6. The van der Waals surface area contributed by atoms with Crippen molar-refractivity contribution in [2.45, 2.75) is 18.8 Å². The predicted octanol–water partition coefficient (Wildman–Crippen LogP) is 0.799. The maximum absolute atomic E-state index is 12.2. The van der Waals surface area contributed by atoms with Crippen molar-refractivity contribution in [3.05, 3.63) is 35.4 Å². The normalized spacial score (nSPS) is 14.6. The van der Waals surface area contributed by atoms with E-state index in [1.54, 1.807) is 12.1 Å². The summed E-state index contributed by atoms with van der Waals surface area (Å²) in [4.78, 5) is 12.2. The number of carbonyl (C=O) groups excluding carboxylic acids is 1. The second-order valence-electron chi connectivity index (χ2n) is 4.97. The molecule has 0 amide bonds. The van der Waals surface area contributed by atoms with E-state index in [0.717, 1.165) is 17.4 Å². The van der Waals surface area contributed by atoms with Crippen LogP contribution >= 0.6 is 0 Å². The van der Waals surface area contributed by atoms with Crippen LogP contribution in [0.1, 0.15) is 17.5 Å². The maximum atomic E-state index is 12.2. The van der Waals surface area contributed by atoms with Crippen molar-refractivity contribution in [2.24, 2.45) is 5.73 Å². The van der Waals surface area contributed by atoms with Gasteiger partial charge in [-0.2, -0.15) is 0 Å². The van der Waals surface area contributed by atoms with Crippen LogP contribution in [0.2, 0.25) is 0 Å². The second-order valence-corrected chi connectivity index (χ2v) is 7.23. The average Bonchev–Trinajstić information content (AvgIpc) is 2.40. The lowest BCUT2D eigenvalue weighted by Gasteiger charge is -2.31. The molecular formula is C14H21NO4S. The van der Waals surface area contributed by atoms with Crippen molar-refractivity contribution in [3.8, 4) is 0 Å². The Bertz CT molecular complexity index is 583. The largest absolute Gasteiger partial charge is 0.468 e. The SMILES string of the molecule is COC(=O)C(CN)(CCS(C)(=O)=O)c1ccccc1C. The third-order valence-corrected chi connectivity index (χ3v) is 4.43. The number of methoxy groups -OCH3 is 1. The Morgan fingerprint density at radius 1 is 1.35 bits per heavy atom. The van der Waals surface area contributed by atoms with Gasteiger partial charge in [-0.1, -0.05) is 24.3 Å². The van der Waals surface area contributed by atoms with Crippen LogP contribution in [-0.2, 0) is 24.8 Å². The molecule has 0 aliphatic heterocycles. The lowest BCUT2D eigenvalue weighted by molar-refractivity contribution is -0.147. The smallest absolute Gasteiger partial charge is 0.317 e. The van der Waals surface area contributed by atoms with Crippen molar-refractivity contribution in [1.29, 1.82) is 0 Å². The molecule has 0 saturated heterocycles. The summed E-state index contributed by atoms with van der Waals surface area (Å²) < 4.78 is 27.7. The van der Waals surface area contributed by atoms with Gasteiger partial charge in [0.2, 0.25) is 0 Å². The van der Waals surface area contributed by atoms with Gasteiger partial charge in [0.15, 0.2) is 0 Å². The van der Waals surface area contributed by atoms with Gasteiger partial charge in [-0.05, 0) is 24.5 Å². The lowest BCUT2D eigenvalue weighted by Crippen LogP contribution is -2.45. The number of aryl methyl sites for hydroxylation is 1. The molecule has 112 valence electrons. The third-order valence-electron chi connectivity index (χ3n) is 3.48. The first-order valence-electron chi connectivity index (χ1n) is 6.29. The lowest BCUT2D eigenvalue weighted by atomic mass is 9.76. The molecule has 1 aromatic rings. The summed E-state index contributed by atoms with van der Waals surface area (Å²) in [6.45, 7) is 1.86. The van der Waals surface area contributed by atoms with E-state index in [4.69, 9.17) is 10.5 Å². The second kappa shape index (κ2) is 6.37. The summed E-state index contributed by atoms with van der Waals surface area (Å²) in [6, 6.07) is 7.31. The van der Waals surface area contributed by atoms with Gasteiger partial charge in [-0.15, -0.1) is 0 Å². The van der Waals surface area contributed by atoms with E-state index >= 15 is 0 Å². The number of sulfone groups is 1. The van der Waals surface area contributed by atoms with E-state index < -0.39 is 21.2 Å². The number of nitrogens with two attached hydrogens (primary N) is 1. The molecule has 20 heavy (non-hydrogen) atoms. The highest BCUT2D eigenvalue weighted by Crippen LogP contribution is 2.31. The molecule has 0 aromatic heterocycles. The Balaban J connectivity index is 3.33. The monoisotopic (exact) mass is 299 g/mol. The number of benzene rings is 1. The van der Waals surface area contributed by atoms with Crippen LogP contribution in [0.5, 0.6) is 0 Å². The van der Waals surface area contributed by atoms with Crippen molar-refractivity contribution < 1.29 is 17.9 Å². The fourth-order valence-electron chi connectivity index (χ4n) is 2.31. The third kappa shape index (κ3) is 3.58. The zero-order valence-corrected chi connectivity index (χ0v) is 12.9. The molecule has 0 spiro atoms. The van der Waals surface area contributed by atoms with E-state index in [1.807, 2.05) is 19.1 Å². The van der Waals surface area contributed by atoms with Gasteiger partial charge in [0, 0.05) is 12.8 Å². The molecule has 0 bridgehead atoms. The first-order chi connectivity index (χ1) is 9.27. The van der Waals surface area contributed by atoms with Crippen LogP contribution in [0.3, 0.4) is 0 Å². The molecule has 6 heteroatoms. The molecule has 5 nitrogen and oxygen atoms in total. The van der Waals surface area contributed by atoms with E-state index in [0.29, 0.717) is 0 Å². The molecule has 0 saturated carbocycles. The average molecular weight is 299 g/mol. The summed E-state index contributed by atoms with van der Waals surface area (Å²) in [5.41, 5.74) is 6.30. The van der Waals surface area contributed by atoms with Gasteiger partial charge in [0.05, 0.1) is 12.9 Å². The molecule has 0 radical (unpaired) electrons. The summed E-state index contributed by atoms with van der Waals surface area (Å²) >= 11 is 0. The molecule has 1 atom stereocenters. The van der Waals surface area contributed by atoms with Crippen molar-refractivity contribution in [3.63, 3.8) is 0 Å². The molecule has 1 rings (SSSR count). The number of esters is 1. The van der Waals surface area contributed by atoms with Crippen molar-refractivity contribution in [1.82, 2.24) is 0 Å². The van der Waals surface area contributed by atoms with E-state index in [1.165, 1.54) is 7.11 Å². The van der Waals surface area contributed by atoms with E-state index in [-0.39, 0.29) is 18.7 Å². The Kier molecular flexibility index (Phi) is 5.30. The molecule has 0 fully saturated rings. The first-order valence-corrected chi connectivity index (χ1v) is 8.35. The molecule has 0 heterocycles. The van der Waals surface area contributed by atoms with Crippen LogP contribution in [0.15, 0.2) is 24.3 Å². The van der Waals surface area contributed by atoms with Gasteiger partial charge in [0.25, 0.3) is 0 Å². The zero-order chi connectivity index (χ0) is 15.4. The summed E-state index contributed by atoms with van der Waals surface area (Å²) in [5, 5.41) is 0. The molecular weight excluding hydrogens is 278 g/mol. The first kappa shape index (κ1) is 16.7. The summed E-state index contributed by atoms with van der Waals surface area (Å²) in [5.74, 6) is -0.619. The number of ether oxygens (including phenoxy) is 1. The maximum Gasteiger partial charge on any atom is 0.317 e. The van der Waals surface area contributed by atoms with E-state index in [9.17, 15) is 13.2 Å². The Morgan fingerprint density at radius 2 is 1.95 bits per heavy atom. The van der Waals surface area contributed by atoms with Crippen LogP contribution in [0.4, 0.5) is 0 Å². The molecule has 1 unspecified atom stereocenters. The fourth-order valence-corrected chi connectivity index (χ4v) is 3.03. The highest BCUT2D eigenvalue weighted by atomic mass is 32.2. The van der Waals surface area contributed by atoms with Gasteiger partial charge in [-0.25, -0.2) is 8.42 Å². The van der Waals surface area contributed by atoms with Crippen molar-refractivity contribution in [2.75, 3.05) is 25.7 Å². The minimum atomic E-state index is -3.19. The number of hydrogen-bond donors (Lipinski definition) is 1. The van der Waals surface area contributed by atoms with Crippen LogP contribution in [0, 0.1) is 6.92 Å². The molecule has 1 aromatic carbocycles. The van der Waals surface area contributed by atoms with E-state index in [2.05, 4.69) is 0 Å². The van der Waals surface area contributed by atoms with Crippen LogP contribution < -0.4 is 5.73 Å². The predicted molar refractivity (Wildman–Crippen MR) is 78.3 cm³/mol. The van der Waals surface area contributed by atoms with Crippen LogP contribution in [0.25, 0.3) is 0 Å². The number of hydrogen-bond acceptors (Lipinski definition) is 5. The highest BCUT2D eigenvalue weighted by molar-refractivity contribution is 7.90. The number of carbonyl (C=O) groups is 1. The Hall–Kier alpha value is -1.40. The Morgan fingerprint density at radius 3 is 2.40 bits per heavy atom. The minimum absolute atomic E-state index is 0.0000463. The quantitative estimate of drug-likeness (QED) is 0.785. The standard InChI is InChI=1S/C14H21NO4S/c1-11-6-4-5-7-12(11)14(10-15,13(16)19-2)8-9-20(3,17)18/h4-7H,8-10,15H2,1-3H3.